The van der Waals surface area contributed by atoms with Crippen molar-refractivity contribution in [1.29, 1.82) is 0 Å². The zero-order valence-electron chi connectivity index (χ0n) is 10.2. The molecule has 1 aromatic heterocycles. The molecule has 0 unspecified atom stereocenters. The van der Waals surface area contributed by atoms with E-state index in [9.17, 15) is 4.79 Å². The van der Waals surface area contributed by atoms with Crippen LogP contribution in [0.5, 0.6) is 0 Å². The molecular weight excluding hydrogens is 236 g/mol. The number of unbranched alkanes of at least 4 members (excludes halogenated alkanes) is 3. The third-order valence-electron chi connectivity index (χ3n) is 2.50. The summed E-state index contributed by atoms with van der Waals surface area (Å²) in [5.41, 5.74) is 1.54. The summed E-state index contributed by atoms with van der Waals surface area (Å²) in [5.74, 6) is 0.704. The number of alkyl halides is 1. The Balaban J connectivity index is 2.21. The topological polar surface area (TPSA) is 42.0 Å². The van der Waals surface area contributed by atoms with Crippen LogP contribution in [0.15, 0.2) is 18.3 Å². The summed E-state index contributed by atoms with van der Waals surface area (Å²) in [7, 11) is 0. The normalized spacial score (nSPS) is 10.2. The molecule has 3 nitrogen and oxygen atoms in total. The number of halogens is 1. The molecule has 1 amide bonds. The van der Waals surface area contributed by atoms with Crippen molar-refractivity contribution in [3.05, 3.63) is 29.6 Å². The number of pyridine rings is 1. The van der Waals surface area contributed by atoms with Crippen molar-refractivity contribution in [2.45, 2.75) is 32.6 Å². The fourth-order valence-corrected chi connectivity index (χ4v) is 1.75. The molecule has 0 fully saturated rings. The molecule has 94 valence electrons. The molecule has 4 heteroatoms. The van der Waals surface area contributed by atoms with Crippen molar-refractivity contribution in [3.8, 4) is 0 Å². The van der Waals surface area contributed by atoms with Gasteiger partial charge in [-0.1, -0.05) is 12.8 Å². The summed E-state index contributed by atoms with van der Waals surface area (Å²) in [6.45, 7) is 2.60. The van der Waals surface area contributed by atoms with Crippen molar-refractivity contribution in [2.24, 2.45) is 0 Å². The van der Waals surface area contributed by atoms with Gasteiger partial charge in [-0.15, -0.1) is 11.6 Å². The number of aromatic nitrogens is 1. The van der Waals surface area contributed by atoms with E-state index in [1.807, 2.05) is 6.92 Å². The van der Waals surface area contributed by atoms with Gasteiger partial charge in [-0.3, -0.25) is 9.78 Å². The summed E-state index contributed by atoms with van der Waals surface area (Å²) in [6.07, 6.45) is 5.96. The van der Waals surface area contributed by atoms with E-state index < -0.39 is 0 Å². The fourth-order valence-electron chi connectivity index (χ4n) is 1.56. The van der Waals surface area contributed by atoms with Gasteiger partial charge in [-0.25, -0.2) is 0 Å². The van der Waals surface area contributed by atoms with Crippen molar-refractivity contribution in [2.75, 3.05) is 12.4 Å². The van der Waals surface area contributed by atoms with E-state index in [2.05, 4.69) is 10.3 Å². The predicted octanol–water partition coefficient (Wildman–Crippen LogP) is 2.92. The SMILES string of the molecule is Cc1cc(C(=O)NCCCCCCCl)ccn1. The lowest BCUT2D eigenvalue weighted by molar-refractivity contribution is 0.0952. The molecule has 17 heavy (non-hydrogen) atoms. The molecule has 0 bridgehead atoms. The molecule has 0 saturated heterocycles. The van der Waals surface area contributed by atoms with Gasteiger partial charge in [-0.05, 0) is 31.9 Å². The van der Waals surface area contributed by atoms with Gasteiger partial charge in [0.05, 0.1) is 0 Å². The highest BCUT2D eigenvalue weighted by Crippen LogP contribution is 2.02. The Labute approximate surface area is 108 Å². The van der Waals surface area contributed by atoms with Crippen LogP contribution in [0.3, 0.4) is 0 Å². The highest BCUT2D eigenvalue weighted by molar-refractivity contribution is 6.17. The number of carbonyl (C=O) groups is 1. The summed E-state index contributed by atoms with van der Waals surface area (Å²) in [6, 6.07) is 3.53. The van der Waals surface area contributed by atoms with E-state index in [0.717, 1.165) is 43.8 Å². The lowest BCUT2D eigenvalue weighted by atomic mass is 10.2. The lowest BCUT2D eigenvalue weighted by Gasteiger charge is -2.05. The highest BCUT2D eigenvalue weighted by atomic mass is 35.5. The third kappa shape index (κ3) is 5.68. The van der Waals surface area contributed by atoms with Crippen LogP contribution in [0, 0.1) is 6.92 Å². The van der Waals surface area contributed by atoms with Crippen LogP contribution in [-0.2, 0) is 0 Å². The first-order chi connectivity index (χ1) is 8.24. The van der Waals surface area contributed by atoms with E-state index in [4.69, 9.17) is 11.6 Å². The smallest absolute Gasteiger partial charge is 0.251 e. The molecule has 0 aliphatic carbocycles. The van der Waals surface area contributed by atoms with Crippen LogP contribution < -0.4 is 5.32 Å². The number of amides is 1. The Hall–Kier alpha value is -1.09. The second-order valence-electron chi connectivity index (χ2n) is 4.04. The number of rotatable bonds is 7. The second kappa shape index (κ2) is 8.07. The molecule has 1 N–H and O–H groups in total. The van der Waals surface area contributed by atoms with E-state index in [1.54, 1.807) is 18.3 Å². The molecule has 0 spiro atoms. The molecular formula is C13H19ClN2O. The van der Waals surface area contributed by atoms with E-state index in [-0.39, 0.29) is 5.91 Å². The minimum absolute atomic E-state index is 0.0205. The van der Waals surface area contributed by atoms with Crippen LogP contribution in [0.1, 0.15) is 41.7 Å². The maximum absolute atomic E-state index is 11.7. The molecule has 1 aromatic rings. The molecule has 0 saturated carbocycles. The largest absolute Gasteiger partial charge is 0.352 e. The quantitative estimate of drug-likeness (QED) is 0.601. The number of hydrogen-bond acceptors (Lipinski definition) is 2. The molecule has 0 aliphatic heterocycles. The first-order valence-electron chi connectivity index (χ1n) is 6.01. The monoisotopic (exact) mass is 254 g/mol. The van der Waals surface area contributed by atoms with Gasteiger partial charge < -0.3 is 5.32 Å². The summed E-state index contributed by atoms with van der Waals surface area (Å²) >= 11 is 5.58. The van der Waals surface area contributed by atoms with Gasteiger partial charge >= 0.3 is 0 Å². The van der Waals surface area contributed by atoms with Crippen molar-refractivity contribution < 1.29 is 4.79 Å². The van der Waals surface area contributed by atoms with E-state index >= 15 is 0 Å². The van der Waals surface area contributed by atoms with Crippen LogP contribution in [0.25, 0.3) is 0 Å². The molecule has 0 aliphatic rings. The Bertz CT molecular complexity index is 355. The summed E-state index contributed by atoms with van der Waals surface area (Å²) < 4.78 is 0. The number of nitrogens with zero attached hydrogens (tertiary/aromatic N) is 1. The first kappa shape index (κ1) is 14.0. The van der Waals surface area contributed by atoms with Gasteiger partial charge in [0.1, 0.15) is 0 Å². The zero-order chi connectivity index (χ0) is 12.5. The van der Waals surface area contributed by atoms with Crippen LogP contribution in [-0.4, -0.2) is 23.3 Å². The minimum Gasteiger partial charge on any atom is -0.352 e. The molecule has 0 atom stereocenters. The average Bonchev–Trinajstić information content (AvgIpc) is 2.33. The molecule has 0 aromatic carbocycles. The van der Waals surface area contributed by atoms with Gasteiger partial charge in [0.2, 0.25) is 0 Å². The van der Waals surface area contributed by atoms with Gasteiger partial charge in [0.25, 0.3) is 5.91 Å². The lowest BCUT2D eigenvalue weighted by Crippen LogP contribution is -2.24. The molecule has 1 heterocycles. The number of hydrogen-bond donors (Lipinski definition) is 1. The fraction of sp³-hybridized carbons (Fsp3) is 0.538. The Morgan fingerprint density at radius 3 is 2.82 bits per heavy atom. The molecule has 0 radical (unpaired) electrons. The Kier molecular flexibility index (Phi) is 6.63. The first-order valence-corrected chi connectivity index (χ1v) is 6.54. The second-order valence-corrected chi connectivity index (χ2v) is 4.42. The van der Waals surface area contributed by atoms with Crippen LogP contribution >= 0.6 is 11.6 Å². The number of nitrogens with one attached hydrogen (secondary N) is 1. The third-order valence-corrected chi connectivity index (χ3v) is 2.77. The van der Waals surface area contributed by atoms with Crippen molar-refractivity contribution in [1.82, 2.24) is 10.3 Å². The van der Waals surface area contributed by atoms with Gasteiger partial charge in [-0.2, -0.15) is 0 Å². The predicted molar refractivity (Wildman–Crippen MR) is 70.5 cm³/mol. The van der Waals surface area contributed by atoms with Crippen molar-refractivity contribution >= 4 is 17.5 Å². The number of carbonyl (C=O) groups excluding carboxylic acids is 1. The van der Waals surface area contributed by atoms with E-state index in [0.29, 0.717) is 5.56 Å². The highest BCUT2D eigenvalue weighted by Gasteiger charge is 2.04. The summed E-state index contributed by atoms with van der Waals surface area (Å²) in [5, 5.41) is 2.90. The van der Waals surface area contributed by atoms with Crippen LogP contribution in [0.4, 0.5) is 0 Å². The molecule has 1 rings (SSSR count). The van der Waals surface area contributed by atoms with E-state index in [1.165, 1.54) is 0 Å². The zero-order valence-corrected chi connectivity index (χ0v) is 11.0. The number of aryl methyl sites for hydroxylation is 1. The van der Waals surface area contributed by atoms with Crippen LogP contribution in [0.2, 0.25) is 0 Å². The minimum atomic E-state index is -0.0205. The van der Waals surface area contributed by atoms with Gasteiger partial charge in [0, 0.05) is 29.9 Å². The standard InChI is InChI=1S/C13H19ClN2O/c1-11-10-12(6-9-15-11)13(17)16-8-5-3-2-4-7-14/h6,9-10H,2-5,7-8H2,1H3,(H,16,17). The average molecular weight is 255 g/mol. The Morgan fingerprint density at radius 1 is 1.35 bits per heavy atom. The maximum atomic E-state index is 11.7. The van der Waals surface area contributed by atoms with Crippen molar-refractivity contribution in [3.63, 3.8) is 0 Å². The summed E-state index contributed by atoms with van der Waals surface area (Å²) in [4.78, 5) is 15.8. The Morgan fingerprint density at radius 2 is 2.12 bits per heavy atom. The maximum Gasteiger partial charge on any atom is 0.251 e. The van der Waals surface area contributed by atoms with Gasteiger partial charge in [0.15, 0.2) is 0 Å².